The van der Waals surface area contributed by atoms with Gasteiger partial charge in [0.1, 0.15) is 23.9 Å². The van der Waals surface area contributed by atoms with Crippen LogP contribution < -0.4 is 20.9 Å². The fraction of sp³-hybridized carbons (Fsp3) is 0.222. The summed E-state index contributed by atoms with van der Waals surface area (Å²) >= 11 is 1.67. The third kappa shape index (κ3) is 9.17. The van der Waals surface area contributed by atoms with E-state index >= 15 is 0 Å². The van der Waals surface area contributed by atoms with Gasteiger partial charge in [-0.2, -0.15) is 0 Å². The Morgan fingerprint density at radius 1 is 1.24 bits per heavy atom. The van der Waals surface area contributed by atoms with Crippen LogP contribution in [0.1, 0.15) is 11.8 Å². The van der Waals surface area contributed by atoms with Crippen molar-refractivity contribution in [3.05, 3.63) is 58.9 Å². The van der Waals surface area contributed by atoms with Crippen LogP contribution in [0.3, 0.4) is 0 Å². The fourth-order valence-electron chi connectivity index (χ4n) is 1.58. The lowest BCUT2D eigenvalue weighted by Gasteiger charge is -2.04. The number of methoxy groups -OCH3 is 1. The Kier molecular flexibility index (Phi) is 9.47. The highest BCUT2D eigenvalue weighted by Crippen LogP contribution is 2.16. The van der Waals surface area contributed by atoms with Crippen LogP contribution in [-0.4, -0.2) is 25.3 Å². The van der Waals surface area contributed by atoms with Gasteiger partial charge in [0.2, 0.25) is 0 Å². The molecule has 1 aromatic heterocycles. The Hall–Kier alpha value is -2.80. The molecule has 0 spiro atoms. The van der Waals surface area contributed by atoms with E-state index in [1.165, 1.54) is 18.0 Å². The van der Waals surface area contributed by atoms with E-state index in [0.29, 0.717) is 18.1 Å². The molecule has 6 nitrogen and oxygen atoms in total. The number of ketones is 1. The second kappa shape index (κ2) is 11.7. The normalized spacial score (nSPS) is 10.9. The zero-order valence-corrected chi connectivity index (χ0v) is 15.2. The first-order chi connectivity index (χ1) is 12.0. The number of benzene rings is 1. The van der Waals surface area contributed by atoms with Crippen molar-refractivity contribution in [3.63, 3.8) is 0 Å². The van der Waals surface area contributed by atoms with Crippen molar-refractivity contribution in [2.75, 3.05) is 13.7 Å². The molecule has 0 bridgehead atoms. The summed E-state index contributed by atoms with van der Waals surface area (Å²) in [4.78, 5) is 15.9. The van der Waals surface area contributed by atoms with Crippen LogP contribution in [0, 0.1) is 0 Å². The molecular weight excluding hydrogens is 338 g/mol. The molecule has 0 aliphatic heterocycles. The molecule has 0 saturated carbocycles. The second-order valence-electron chi connectivity index (χ2n) is 4.85. The maximum absolute atomic E-state index is 10.6. The van der Waals surface area contributed by atoms with Crippen LogP contribution in [0.15, 0.2) is 59.0 Å². The first kappa shape index (κ1) is 20.2. The van der Waals surface area contributed by atoms with Gasteiger partial charge >= 0.3 is 0 Å². The molecule has 0 saturated heterocycles. The van der Waals surface area contributed by atoms with Crippen molar-refractivity contribution in [2.45, 2.75) is 13.5 Å². The summed E-state index contributed by atoms with van der Waals surface area (Å²) in [6.07, 6.45) is 2.96. The Morgan fingerprint density at radius 3 is 2.44 bits per heavy atom. The highest BCUT2D eigenvalue weighted by Gasteiger charge is 1.96. The number of rotatable bonds is 7. The molecule has 2 rings (SSSR count). The summed E-state index contributed by atoms with van der Waals surface area (Å²) in [7, 11) is 1.60. The number of carbonyl (C=O) groups excluding carboxylic acids is 1. The van der Waals surface area contributed by atoms with Crippen LogP contribution in [0.2, 0.25) is 0 Å². The van der Waals surface area contributed by atoms with Gasteiger partial charge in [-0.05, 0) is 54.9 Å². The molecule has 0 aliphatic rings. The first-order valence-corrected chi connectivity index (χ1v) is 8.40. The molecule has 4 N–H and O–H groups in total. The fourth-order valence-corrected chi connectivity index (χ4v) is 2.21. The van der Waals surface area contributed by atoms with E-state index in [2.05, 4.69) is 4.99 Å². The quantitative estimate of drug-likeness (QED) is 0.583. The largest absolute Gasteiger partial charge is 0.497 e. The molecule has 25 heavy (non-hydrogen) atoms. The van der Waals surface area contributed by atoms with E-state index in [-0.39, 0.29) is 12.4 Å². The Bertz CT molecular complexity index is 680. The predicted octanol–water partition coefficient (Wildman–Crippen LogP) is 2.74. The minimum atomic E-state index is 0.0100. The molecule has 7 heteroatoms. The zero-order valence-electron chi connectivity index (χ0n) is 14.3. The topological polar surface area (TPSA) is 99.9 Å². The number of hydrogen-bond acceptors (Lipinski definition) is 6. The maximum atomic E-state index is 10.6. The van der Waals surface area contributed by atoms with Crippen LogP contribution >= 0.6 is 11.3 Å². The summed E-state index contributed by atoms with van der Waals surface area (Å²) in [5.41, 5.74) is 10.6. The molecule has 1 heterocycles. The van der Waals surface area contributed by atoms with Crippen molar-refractivity contribution in [2.24, 2.45) is 16.5 Å². The lowest BCUT2D eigenvalue weighted by atomic mass is 10.3. The molecule has 1 aromatic carbocycles. The average Bonchev–Trinajstić information content (AvgIpc) is 3.13. The maximum Gasteiger partial charge on any atom is 0.167 e. The first-order valence-electron chi connectivity index (χ1n) is 7.52. The molecule has 0 amide bonds. The van der Waals surface area contributed by atoms with Gasteiger partial charge in [0.15, 0.2) is 5.78 Å². The standard InChI is InChI=1S/C10H12O3.C8H11N3S/c1-8(11)7-13-10-5-3-9(12-2)4-6-10;9-4-3-8(10)11-6-7-2-1-5-12-7/h3-6H,7H2,1-2H3;1-5H,6,9H2,(H2,10,11)/b;4-3-. The van der Waals surface area contributed by atoms with Gasteiger partial charge in [0.05, 0.1) is 13.7 Å². The smallest absolute Gasteiger partial charge is 0.167 e. The summed E-state index contributed by atoms with van der Waals surface area (Å²) in [5, 5.41) is 2.01. The molecule has 0 fully saturated rings. The second-order valence-corrected chi connectivity index (χ2v) is 5.88. The van der Waals surface area contributed by atoms with Gasteiger partial charge < -0.3 is 20.9 Å². The van der Waals surface area contributed by atoms with Crippen LogP contribution in [0.4, 0.5) is 0 Å². The van der Waals surface area contributed by atoms with Gasteiger partial charge in [-0.1, -0.05) is 6.07 Å². The number of nitrogens with zero attached hydrogens (tertiary/aromatic N) is 1. The van der Waals surface area contributed by atoms with Gasteiger partial charge in [0.25, 0.3) is 0 Å². The number of thiophene rings is 1. The molecule has 0 unspecified atom stereocenters. The highest BCUT2D eigenvalue weighted by atomic mass is 32.1. The zero-order chi connectivity index (χ0) is 18.5. The monoisotopic (exact) mass is 361 g/mol. The van der Waals surface area contributed by atoms with Crippen molar-refractivity contribution >= 4 is 23.0 Å². The summed E-state index contributed by atoms with van der Waals surface area (Å²) in [6, 6.07) is 11.1. The van der Waals surface area contributed by atoms with E-state index in [9.17, 15) is 4.79 Å². The molecule has 2 aromatic rings. The number of carbonyl (C=O) groups is 1. The summed E-state index contributed by atoms with van der Waals surface area (Å²) in [6.45, 7) is 2.24. The Morgan fingerprint density at radius 2 is 1.92 bits per heavy atom. The molecule has 0 aliphatic carbocycles. The minimum Gasteiger partial charge on any atom is -0.497 e. The van der Waals surface area contributed by atoms with Crippen molar-refractivity contribution in [3.8, 4) is 11.5 Å². The van der Waals surface area contributed by atoms with E-state index in [1.54, 1.807) is 48.8 Å². The molecule has 134 valence electrons. The Balaban J connectivity index is 0.000000251. The minimum absolute atomic E-state index is 0.0100. The number of ether oxygens (including phenoxy) is 2. The van der Waals surface area contributed by atoms with Crippen LogP contribution in [0.25, 0.3) is 0 Å². The lowest BCUT2D eigenvalue weighted by Crippen LogP contribution is -2.08. The number of aliphatic imine (C=N–C) groups is 1. The van der Waals surface area contributed by atoms with Crippen molar-refractivity contribution < 1.29 is 14.3 Å². The van der Waals surface area contributed by atoms with E-state index in [1.807, 2.05) is 17.5 Å². The SMILES string of the molecule is COc1ccc(OCC(C)=O)cc1.N/C=C\C(N)=NCc1cccs1. The number of nitrogens with two attached hydrogens (primary N) is 2. The van der Waals surface area contributed by atoms with Crippen molar-refractivity contribution in [1.29, 1.82) is 0 Å². The van der Waals surface area contributed by atoms with Gasteiger partial charge in [-0.3, -0.25) is 9.79 Å². The van der Waals surface area contributed by atoms with Crippen LogP contribution in [0.5, 0.6) is 11.5 Å². The third-order valence-corrected chi connectivity index (χ3v) is 3.63. The van der Waals surface area contributed by atoms with Gasteiger partial charge in [-0.15, -0.1) is 11.3 Å². The van der Waals surface area contributed by atoms with Crippen molar-refractivity contribution in [1.82, 2.24) is 0 Å². The summed E-state index contributed by atoms with van der Waals surface area (Å²) < 4.78 is 10.1. The van der Waals surface area contributed by atoms with E-state index in [4.69, 9.17) is 20.9 Å². The lowest BCUT2D eigenvalue weighted by molar-refractivity contribution is -0.118. The Labute approximate surface area is 151 Å². The number of amidine groups is 1. The van der Waals surface area contributed by atoms with E-state index in [0.717, 1.165) is 5.75 Å². The number of Topliss-reactive ketones (excluding diaryl/α,β-unsaturated/α-hetero) is 1. The van der Waals surface area contributed by atoms with Gasteiger partial charge in [-0.25, -0.2) is 0 Å². The average molecular weight is 361 g/mol. The highest BCUT2D eigenvalue weighted by molar-refractivity contribution is 7.09. The predicted molar refractivity (Wildman–Crippen MR) is 102 cm³/mol. The summed E-state index contributed by atoms with van der Waals surface area (Å²) in [5.74, 6) is 1.92. The molecular formula is C18H23N3O3S. The number of hydrogen-bond donors (Lipinski definition) is 2. The van der Waals surface area contributed by atoms with E-state index < -0.39 is 0 Å². The molecule has 0 radical (unpaired) electrons. The third-order valence-electron chi connectivity index (χ3n) is 2.77. The molecule has 0 atom stereocenters. The van der Waals surface area contributed by atoms with Gasteiger partial charge in [0, 0.05) is 4.88 Å². The van der Waals surface area contributed by atoms with Crippen LogP contribution in [-0.2, 0) is 11.3 Å².